The number of nitrogens with zero attached hydrogens (tertiary/aromatic N) is 2. The van der Waals surface area contributed by atoms with Gasteiger partial charge in [-0.1, -0.05) is 24.3 Å². The third kappa shape index (κ3) is 5.48. The van der Waals surface area contributed by atoms with Crippen molar-refractivity contribution < 1.29 is 28.8 Å². The maximum Gasteiger partial charge on any atom is 0.326 e. The summed E-state index contributed by atoms with van der Waals surface area (Å²) < 4.78 is 10.4. The second-order valence-corrected chi connectivity index (χ2v) is 7.31. The number of para-hydroxylation sites is 1. The predicted octanol–water partition coefficient (Wildman–Crippen LogP) is 3.77. The molecule has 0 saturated carbocycles. The van der Waals surface area contributed by atoms with E-state index in [0.717, 1.165) is 16.7 Å². The predicted molar refractivity (Wildman–Crippen MR) is 113 cm³/mol. The Morgan fingerprint density at radius 3 is 2.55 bits per heavy atom. The van der Waals surface area contributed by atoms with Crippen molar-refractivity contribution in [3.8, 4) is 5.75 Å². The lowest BCUT2D eigenvalue weighted by Crippen LogP contribution is -2.34. The van der Waals surface area contributed by atoms with Crippen molar-refractivity contribution in [2.45, 2.75) is 13.5 Å². The fraction of sp³-hybridized carbons (Fsp3) is 0.190. The van der Waals surface area contributed by atoms with Crippen LogP contribution in [-0.4, -0.2) is 40.1 Å². The molecule has 0 unspecified atom stereocenters. The summed E-state index contributed by atoms with van der Waals surface area (Å²) in [6, 6.07) is 13.0. The minimum atomic E-state index is -0.647. The zero-order valence-electron chi connectivity index (χ0n) is 16.5. The van der Waals surface area contributed by atoms with Gasteiger partial charge in [0.05, 0.1) is 22.0 Å². The van der Waals surface area contributed by atoms with E-state index in [1.54, 1.807) is 55.5 Å². The molecular formula is C21H18N2O7S. The highest BCUT2D eigenvalue weighted by Gasteiger charge is 2.36. The summed E-state index contributed by atoms with van der Waals surface area (Å²) in [5.74, 6) is -0.711. The van der Waals surface area contributed by atoms with E-state index in [-0.39, 0.29) is 23.8 Å². The molecule has 2 aromatic carbocycles. The molecule has 10 heteroatoms. The van der Waals surface area contributed by atoms with Crippen LogP contribution >= 0.6 is 11.8 Å². The van der Waals surface area contributed by atoms with Crippen molar-refractivity contribution in [2.75, 3.05) is 13.2 Å². The van der Waals surface area contributed by atoms with Crippen molar-refractivity contribution in [3.05, 3.63) is 74.7 Å². The van der Waals surface area contributed by atoms with E-state index in [9.17, 15) is 24.5 Å². The van der Waals surface area contributed by atoms with Gasteiger partial charge in [0.25, 0.3) is 16.8 Å². The van der Waals surface area contributed by atoms with Crippen LogP contribution < -0.4 is 4.74 Å². The van der Waals surface area contributed by atoms with Crippen molar-refractivity contribution in [2.24, 2.45) is 0 Å². The number of thioether (sulfide) groups is 1. The van der Waals surface area contributed by atoms with Gasteiger partial charge in [0, 0.05) is 6.07 Å². The molecule has 0 spiro atoms. The van der Waals surface area contributed by atoms with Gasteiger partial charge >= 0.3 is 5.97 Å². The Balaban J connectivity index is 1.65. The largest absolute Gasteiger partial charge is 0.489 e. The van der Waals surface area contributed by atoms with Crippen molar-refractivity contribution >= 4 is 40.6 Å². The molecule has 2 aromatic rings. The third-order valence-electron chi connectivity index (χ3n) is 4.23. The highest BCUT2D eigenvalue weighted by molar-refractivity contribution is 8.18. The summed E-state index contributed by atoms with van der Waals surface area (Å²) in [6.07, 6.45) is 1.54. The third-order valence-corrected chi connectivity index (χ3v) is 5.13. The highest BCUT2D eigenvalue weighted by atomic mass is 32.2. The number of rotatable bonds is 8. The summed E-state index contributed by atoms with van der Waals surface area (Å²) in [5.41, 5.74) is 1.09. The average molecular weight is 442 g/mol. The van der Waals surface area contributed by atoms with E-state index in [4.69, 9.17) is 9.47 Å². The number of benzene rings is 2. The number of hydrogen-bond donors (Lipinski definition) is 0. The minimum Gasteiger partial charge on any atom is -0.489 e. The fourth-order valence-corrected chi connectivity index (χ4v) is 3.59. The molecule has 9 nitrogen and oxygen atoms in total. The quantitative estimate of drug-likeness (QED) is 0.262. The Hall–Kier alpha value is -3.66. The Morgan fingerprint density at radius 2 is 1.87 bits per heavy atom. The monoisotopic (exact) mass is 442 g/mol. The van der Waals surface area contributed by atoms with Crippen LogP contribution in [0.3, 0.4) is 0 Å². The summed E-state index contributed by atoms with van der Waals surface area (Å²) in [6.45, 7) is 1.41. The van der Waals surface area contributed by atoms with Gasteiger partial charge in [-0.25, -0.2) is 0 Å². The maximum absolute atomic E-state index is 12.4. The minimum absolute atomic E-state index is 0.0161. The summed E-state index contributed by atoms with van der Waals surface area (Å²) in [5, 5.41) is 10.5. The first-order chi connectivity index (χ1) is 14.9. The Morgan fingerprint density at radius 1 is 1.16 bits per heavy atom. The van der Waals surface area contributed by atoms with Gasteiger partial charge in [0.1, 0.15) is 18.9 Å². The second-order valence-electron chi connectivity index (χ2n) is 6.32. The molecule has 1 saturated heterocycles. The number of imide groups is 1. The number of carbonyl (C=O) groups is 3. The molecule has 1 aliphatic heterocycles. The summed E-state index contributed by atoms with van der Waals surface area (Å²) >= 11 is 0.748. The number of carbonyl (C=O) groups excluding carboxylic acids is 3. The van der Waals surface area contributed by atoms with Gasteiger partial charge in [0.15, 0.2) is 0 Å². The zero-order chi connectivity index (χ0) is 22.4. The van der Waals surface area contributed by atoms with Crippen LogP contribution in [0.1, 0.15) is 18.1 Å². The van der Waals surface area contributed by atoms with Gasteiger partial charge in [-0.15, -0.1) is 0 Å². The second kappa shape index (κ2) is 9.90. The number of nitro groups is 1. The van der Waals surface area contributed by atoms with Crippen molar-refractivity contribution in [1.82, 2.24) is 4.90 Å². The van der Waals surface area contributed by atoms with Crippen LogP contribution in [0.4, 0.5) is 10.5 Å². The van der Waals surface area contributed by atoms with Crippen LogP contribution in [0.15, 0.2) is 53.4 Å². The van der Waals surface area contributed by atoms with E-state index < -0.39 is 28.6 Å². The van der Waals surface area contributed by atoms with Gasteiger partial charge in [-0.2, -0.15) is 0 Å². The van der Waals surface area contributed by atoms with E-state index in [1.165, 1.54) is 6.07 Å². The van der Waals surface area contributed by atoms with E-state index in [2.05, 4.69) is 0 Å². The van der Waals surface area contributed by atoms with E-state index >= 15 is 0 Å². The van der Waals surface area contributed by atoms with Gasteiger partial charge in [0.2, 0.25) is 0 Å². The number of nitro benzene ring substituents is 1. The Labute approximate surface area is 181 Å². The highest BCUT2D eigenvalue weighted by Crippen LogP contribution is 2.32. The molecule has 3 rings (SSSR count). The van der Waals surface area contributed by atoms with Crippen molar-refractivity contribution in [3.63, 3.8) is 0 Å². The van der Waals surface area contributed by atoms with Crippen molar-refractivity contribution in [1.29, 1.82) is 0 Å². The zero-order valence-corrected chi connectivity index (χ0v) is 17.3. The molecule has 2 amide bonds. The first kappa shape index (κ1) is 22.0. The maximum atomic E-state index is 12.4. The molecule has 0 N–H and O–H groups in total. The molecule has 0 aromatic heterocycles. The molecule has 0 aliphatic carbocycles. The van der Waals surface area contributed by atoms with Crippen LogP contribution in [0.25, 0.3) is 6.08 Å². The molecule has 1 heterocycles. The standard InChI is InChI=1S/C21H18N2O7S/c1-2-29-19(24)12-22-20(25)18(31-21(22)26)11-14-7-9-16(10-8-14)30-13-15-5-3-4-6-17(15)23(27)28/h3-11H,2,12-13H2,1H3/b18-11-. The smallest absolute Gasteiger partial charge is 0.326 e. The molecule has 0 bridgehead atoms. The van der Waals surface area contributed by atoms with Gasteiger partial charge in [-0.05, 0) is 48.5 Å². The SMILES string of the molecule is CCOC(=O)CN1C(=O)S/C(=C\c2ccc(OCc3ccccc3[N+](=O)[O-])cc2)C1=O. The lowest BCUT2D eigenvalue weighted by atomic mass is 10.2. The van der Waals surface area contributed by atoms with Crippen LogP contribution in [0, 0.1) is 10.1 Å². The first-order valence-electron chi connectivity index (χ1n) is 9.25. The van der Waals surface area contributed by atoms with Crippen LogP contribution in [-0.2, 0) is 20.9 Å². The Kier molecular flexibility index (Phi) is 7.03. The first-order valence-corrected chi connectivity index (χ1v) is 10.1. The number of amides is 2. The number of hydrogen-bond acceptors (Lipinski definition) is 8. The van der Waals surface area contributed by atoms with Crippen LogP contribution in [0.5, 0.6) is 5.75 Å². The molecular weight excluding hydrogens is 424 g/mol. The topological polar surface area (TPSA) is 116 Å². The summed E-state index contributed by atoms with van der Waals surface area (Å²) in [7, 11) is 0. The normalized spacial score (nSPS) is 14.7. The molecule has 160 valence electrons. The number of esters is 1. The molecule has 1 fully saturated rings. The van der Waals surface area contributed by atoms with Gasteiger partial charge in [-0.3, -0.25) is 29.4 Å². The fourth-order valence-electron chi connectivity index (χ4n) is 2.76. The van der Waals surface area contributed by atoms with Gasteiger partial charge < -0.3 is 9.47 Å². The lowest BCUT2D eigenvalue weighted by molar-refractivity contribution is -0.385. The average Bonchev–Trinajstić information content (AvgIpc) is 3.01. The lowest BCUT2D eigenvalue weighted by Gasteiger charge is -2.10. The Bertz CT molecular complexity index is 1050. The molecule has 0 radical (unpaired) electrons. The van der Waals surface area contributed by atoms with Crippen LogP contribution in [0.2, 0.25) is 0 Å². The van der Waals surface area contributed by atoms with E-state index in [0.29, 0.717) is 16.9 Å². The number of ether oxygens (including phenoxy) is 2. The summed E-state index contributed by atoms with van der Waals surface area (Å²) in [4.78, 5) is 47.6. The molecule has 0 atom stereocenters. The molecule has 31 heavy (non-hydrogen) atoms. The van der Waals surface area contributed by atoms with E-state index in [1.807, 2.05) is 0 Å². The molecule has 1 aliphatic rings.